The van der Waals surface area contributed by atoms with Crippen LogP contribution in [0.15, 0.2) is 22.7 Å². The van der Waals surface area contributed by atoms with Crippen molar-refractivity contribution in [1.29, 1.82) is 0 Å². The number of methoxy groups -OCH3 is 1. The minimum atomic E-state index is -0.362. The van der Waals surface area contributed by atoms with Crippen molar-refractivity contribution in [3.63, 3.8) is 0 Å². The fourth-order valence-corrected chi connectivity index (χ4v) is 2.25. The molecule has 0 aliphatic heterocycles. The molecule has 1 unspecified atom stereocenters. The zero-order chi connectivity index (χ0) is 13.0. The van der Waals surface area contributed by atoms with E-state index in [1.54, 1.807) is 25.1 Å². The highest BCUT2D eigenvalue weighted by molar-refractivity contribution is 9.10. The van der Waals surface area contributed by atoms with Crippen LogP contribution in [0.3, 0.4) is 0 Å². The Kier molecular flexibility index (Phi) is 5.33. The normalized spacial score (nSPS) is 12.0. The fraction of sp³-hybridized carbons (Fsp3) is 0.333. The van der Waals surface area contributed by atoms with E-state index in [1.165, 1.54) is 7.11 Å². The topological polar surface area (TPSA) is 43.4 Å². The van der Waals surface area contributed by atoms with Gasteiger partial charge in [-0.25, -0.2) is 0 Å². The van der Waals surface area contributed by atoms with Crippen LogP contribution < -0.4 is 0 Å². The Balaban J connectivity index is 3.17. The smallest absolute Gasteiger partial charge is 0.310 e. The molecule has 0 bridgehead atoms. The van der Waals surface area contributed by atoms with Gasteiger partial charge >= 0.3 is 5.97 Å². The Morgan fingerprint density at radius 1 is 1.41 bits per heavy atom. The molecular weight excluding hydrogens is 352 g/mol. The number of halogens is 2. The van der Waals surface area contributed by atoms with Crippen molar-refractivity contribution in [3.05, 3.63) is 33.8 Å². The molecule has 1 rings (SSSR count). The van der Waals surface area contributed by atoms with Gasteiger partial charge in [-0.15, -0.1) is 0 Å². The lowest BCUT2D eigenvalue weighted by Crippen LogP contribution is -2.16. The summed E-state index contributed by atoms with van der Waals surface area (Å²) in [4.78, 5) is 23.0. The number of alkyl halides is 1. The predicted molar refractivity (Wildman–Crippen MR) is 72.6 cm³/mol. The maximum atomic E-state index is 12.0. The highest BCUT2D eigenvalue weighted by Gasteiger charge is 2.20. The molecule has 5 heteroatoms. The maximum Gasteiger partial charge on any atom is 0.310 e. The van der Waals surface area contributed by atoms with Crippen LogP contribution in [0.25, 0.3) is 0 Å². The molecule has 0 aliphatic carbocycles. The van der Waals surface area contributed by atoms with E-state index in [1.807, 2.05) is 0 Å². The van der Waals surface area contributed by atoms with Crippen LogP contribution in [0, 0.1) is 0 Å². The number of Topliss-reactive ketones (excluding diaryl/α,β-unsaturated/α-hetero) is 1. The molecule has 1 aromatic carbocycles. The Hall–Kier alpha value is -0.680. The number of carbonyl (C=O) groups is 2. The molecule has 17 heavy (non-hydrogen) atoms. The minimum absolute atomic E-state index is 0.0589. The summed E-state index contributed by atoms with van der Waals surface area (Å²) in [5, 5.41) is 0. The summed E-state index contributed by atoms with van der Waals surface area (Å²) in [5.74, 6) is -0.421. The lowest BCUT2D eigenvalue weighted by atomic mass is 10.00. The molecule has 0 heterocycles. The van der Waals surface area contributed by atoms with Crippen LogP contribution in [-0.2, 0) is 16.0 Å². The van der Waals surface area contributed by atoms with Crippen molar-refractivity contribution in [3.8, 4) is 0 Å². The number of carbonyl (C=O) groups excluding carboxylic acids is 2. The van der Waals surface area contributed by atoms with Crippen molar-refractivity contribution >= 4 is 43.6 Å². The van der Waals surface area contributed by atoms with Gasteiger partial charge in [-0.05, 0) is 18.6 Å². The highest BCUT2D eigenvalue weighted by atomic mass is 79.9. The second-order valence-electron chi connectivity index (χ2n) is 3.51. The van der Waals surface area contributed by atoms with Gasteiger partial charge in [0.15, 0.2) is 5.78 Å². The standard InChI is InChI=1S/C12H12Br2O3/c1-7(13)12(16)11-8(6-10(15)17-2)4-3-5-9(11)14/h3-5,7H,6H2,1-2H3. The lowest BCUT2D eigenvalue weighted by Gasteiger charge is -2.11. The van der Waals surface area contributed by atoms with Crippen molar-refractivity contribution in [2.24, 2.45) is 0 Å². The quantitative estimate of drug-likeness (QED) is 0.469. The number of hydrogen-bond donors (Lipinski definition) is 0. The summed E-state index contributed by atoms with van der Waals surface area (Å²) >= 11 is 6.58. The van der Waals surface area contributed by atoms with Gasteiger partial charge in [0.1, 0.15) is 0 Å². The Morgan fingerprint density at radius 2 is 2.06 bits per heavy atom. The predicted octanol–water partition coefficient (Wildman–Crippen LogP) is 3.13. The van der Waals surface area contributed by atoms with Crippen LogP contribution in [0.1, 0.15) is 22.8 Å². The summed E-state index contributed by atoms with van der Waals surface area (Å²) in [7, 11) is 1.33. The van der Waals surface area contributed by atoms with E-state index in [-0.39, 0.29) is 23.0 Å². The van der Waals surface area contributed by atoms with Gasteiger partial charge in [-0.2, -0.15) is 0 Å². The molecule has 0 aromatic heterocycles. The SMILES string of the molecule is COC(=O)Cc1cccc(Br)c1C(=O)C(C)Br. The van der Waals surface area contributed by atoms with Crippen LogP contribution in [0.4, 0.5) is 0 Å². The summed E-state index contributed by atoms with van der Waals surface area (Å²) in [6.07, 6.45) is 0.0940. The molecule has 0 amide bonds. The van der Waals surface area contributed by atoms with E-state index < -0.39 is 0 Å². The third kappa shape index (κ3) is 3.64. The molecule has 92 valence electrons. The number of hydrogen-bond acceptors (Lipinski definition) is 3. The summed E-state index contributed by atoms with van der Waals surface area (Å²) in [5.41, 5.74) is 1.20. The summed E-state index contributed by atoms with van der Waals surface area (Å²) in [6.45, 7) is 1.75. The molecule has 3 nitrogen and oxygen atoms in total. The number of ether oxygens (including phenoxy) is 1. The van der Waals surface area contributed by atoms with E-state index in [9.17, 15) is 9.59 Å². The van der Waals surface area contributed by atoms with Gasteiger partial charge in [0.25, 0.3) is 0 Å². The van der Waals surface area contributed by atoms with Crippen LogP contribution in [-0.4, -0.2) is 23.7 Å². The first-order valence-corrected chi connectivity index (χ1v) is 6.70. The molecule has 1 atom stereocenters. The van der Waals surface area contributed by atoms with E-state index in [0.29, 0.717) is 15.6 Å². The molecule has 1 aromatic rings. The molecule has 0 fully saturated rings. The zero-order valence-corrected chi connectivity index (χ0v) is 12.7. The van der Waals surface area contributed by atoms with Crippen molar-refractivity contribution in [2.45, 2.75) is 18.2 Å². The van der Waals surface area contributed by atoms with Gasteiger partial charge in [0, 0.05) is 10.0 Å². The summed E-state index contributed by atoms with van der Waals surface area (Å²) < 4.78 is 5.30. The molecule has 0 spiro atoms. The minimum Gasteiger partial charge on any atom is -0.469 e. The number of benzene rings is 1. The average Bonchev–Trinajstić information content (AvgIpc) is 2.28. The van der Waals surface area contributed by atoms with Crippen molar-refractivity contribution in [2.75, 3.05) is 7.11 Å². The first kappa shape index (κ1) is 14.4. The number of rotatable bonds is 4. The fourth-order valence-electron chi connectivity index (χ4n) is 1.42. The Morgan fingerprint density at radius 3 is 2.59 bits per heavy atom. The van der Waals surface area contributed by atoms with Gasteiger partial charge in [-0.3, -0.25) is 9.59 Å². The molecule has 0 saturated carbocycles. The van der Waals surface area contributed by atoms with Gasteiger partial charge in [0.05, 0.1) is 18.4 Å². The largest absolute Gasteiger partial charge is 0.469 e. The summed E-state index contributed by atoms with van der Waals surface area (Å²) in [6, 6.07) is 5.33. The molecule has 0 N–H and O–H groups in total. The van der Waals surface area contributed by atoms with E-state index in [4.69, 9.17) is 0 Å². The molecule has 0 aliphatic rings. The number of esters is 1. The van der Waals surface area contributed by atoms with Crippen LogP contribution >= 0.6 is 31.9 Å². The van der Waals surface area contributed by atoms with Crippen molar-refractivity contribution < 1.29 is 14.3 Å². The van der Waals surface area contributed by atoms with Crippen molar-refractivity contribution in [1.82, 2.24) is 0 Å². The number of ketones is 1. The van der Waals surface area contributed by atoms with Gasteiger partial charge < -0.3 is 4.74 Å². The zero-order valence-electron chi connectivity index (χ0n) is 9.50. The monoisotopic (exact) mass is 362 g/mol. The second kappa shape index (κ2) is 6.31. The first-order chi connectivity index (χ1) is 7.97. The third-order valence-corrected chi connectivity index (χ3v) is 3.35. The average molecular weight is 364 g/mol. The molecular formula is C12H12Br2O3. The third-order valence-electron chi connectivity index (χ3n) is 2.27. The first-order valence-electron chi connectivity index (χ1n) is 4.99. The van der Waals surface area contributed by atoms with Crippen LogP contribution in [0.2, 0.25) is 0 Å². The Labute approximate surface area is 117 Å². The van der Waals surface area contributed by atoms with Crippen LogP contribution in [0.5, 0.6) is 0 Å². The highest BCUT2D eigenvalue weighted by Crippen LogP contribution is 2.24. The molecule has 0 radical (unpaired) electrons. The lowest BCUT2D eigenvalue weighted by molar-refractivity contribution is -0.139. The van der Waals surface area contributed by atoms with Gasteiger partial charge in [-0.1, -0.05) is 44.0 Å². The Bertz CT molecular complexity index is 441. The van der Waals surface area contributed by atoms with E-state index in [0.717, 1.165) is 0 Å². The molecule has 0 saturated heterocycles. The maximum absolute atomic E-state index is 12.0. The second-order valence-corrected chi connectivity index (χ2v) is 5.73. The van der Waals surface area contributed by atoms with E-state index in [2.05, 4.69) is 36.6 Å². The van der Waals surface area contributed by atoms with E-state index >= 15 is 0 Å². The van der Waals surface area contributed by atoms with Gasteiger partial charge in [0.2, 0.25) is 0 Å².